The van der Waals surface area contributed by atoms with Crippen LogP contribution >= 0.6 is 11.5 Å². The molecular weight excluding hydrogens is 184 g/mol. The van der Waals surface area contributed by atoms with Gasteiger partial charge in [-0.3, -0.25) is 0 Å². The first-order chi connectivity index (χ1) is 6.33. The molecule has 0 radical (unpaired) electrons. The van der Waals surface area contributed by atoms with Crippen molar-refractivity contribution in [1.82, 2.24) is 4.37 Å². The highest BCUT2D eigenvalue weighted by atomic mass is 32.1. The molecule has 68 valence electrons. The van der Waals surface area contributed by atoms with Crippen molar-refractivity contribution in [3.05, 3.63) is 30.0 Å². The van der Waals surface area contributed by atoms with E-state index in [0.717, 1.165) is 15.8 Å². The van der Waals surface area contributed by atoms with Crippen LogP contribution in [-0.2, 0) is 0 Å². The standard InChI is InChI=1S/C9H10N2OS/c10-7(5-12)9-6-3-1-2-4-8(6)13-11-9/h1-4,7,12H,5,10H2. The minimum absolute atomic E-state index is 0.0618. The topological polar surface area (TPSA) is 59.1 Å². The molecule has 2 rings (SSSR count). The van der Waals surface area contributed by atoms with Crippen molar-refractivity contribution in [3.8, 4) is 0 Å². The molecule has 1 atom stereocenters. The van der Waals surface area contributed by atoms with Crippen molar-refractivity contribution in [2.45, 2.75) is 6.04 Å². The lowest BCUT2D eigenvalue weighted by molar-refractivity contribution is 0.267. The van der Waals surface area contributed by atoms with E-state index in [9.17, 15) is 0 Å². The number of fused-ring (bicyclic) bond motifs is 1. The fourth-order valence-electron chi connectivity index (χ4n) is 1.26. The van der Waals surface area contributed by atoms with E-state index < -0.39 is 0 Å². The van der Waals surface area contributed by atoms with Crippen molar-refractivity contribution in [1.29, 1.82) is 0 Å². The molecule has 0 aliphatic rings. The van der Waals surface area contributed by atoms with E-state index in [1.807, 2.05) is 24.3 Å². The van der Waals surface area contributed by atoms with E-state index in [-0.39, 0.29) is 12.6 Å². The first kappa shape index (κ1) is 8.62. The van der Waals surface area contributed by atoms with Crippen LogP contribution in [-0.4, -0.2) is 16.1 Å². The molecular formula is C9H10N2OS. The SMILES string of the molecule is NC(CO)c1nsc2ccccc12. The first-order valence-electron chi connectivity index (χ1n) is 4.03. The van der Waals surface area contributed by atoms with Gasteiger partial charge < -0.3 is 10.8 Å². The maximum absolute atomic E-state index is 8.91. The summed E-state index contributed by atoms with van der Waals surface area (Å²) in [5, 5.41) is 9.96. The van der Waals surface area contributed by atoms with Gasteiger partial charge in [0.15, 0.2) is 0 Å². The monoisotopic (exact) mass is 194 g/mol. The van der Waals surface area contributed by atoms with Gasteiger partial charge in [0.2, 0.25) is 0 Å². The van der Waals surface area contributed by atoms with E-state index in [1.165, 1.54) is 11.5 Å². The Morgan fingerprint density at radius 1 is 1.46 bits per heavy atom. The second kappa shape index (κ2) is 3.41. The van der Waals surface area contributed by atoms with E-state index in [2.05, 4.69) is 4.37 Å². The summed E-state index contributed by atoms with van der Waals surface area (Å²) in [6.07, 6.45) is 0. The second-order valence-corrected chi connectivity index (χ2v) is 3.66. The summed E-state index contributed by atoms with van der Waals surface area (Å²) in [6.45, 7) is -0.0618. The number of benzene rings is 1. The van der Waals surface area contributed by atoms with Crippen LogP contribution in [0, 0.1) is 0 Å². The van der Waals surface area contributed by atoms with Crippen LogP contribution in [0.2, 0.25) is 0 Å². The van der Waals surface area contributed by atoms with Crippen molar-refractivity contribution in [3.63, 3.8) is 0 Å². The Hall–Kier alpha value is -0.970. The molecule has 0 fully saturated rings. The van der Waals surface area contributed by atoms with Gasteiger partial charge in [0.1, 0.15) is 0 Å². The van der Waals surface area contributed by atoms with Gasteiger partial charge in [0.25, 0.3) is 0 Å². The molecule has 13 heavy (non-hydrogen) atoms. The molecule has 0 saturated heterocycles. The molecule has 0 bridgehead atoms. The van der Waals surface area contributed by atoms with Crippen LogP contribution in [0.3, 0.4) is 0 Å². The number of hydrogen-bond acceptors (Lipinski definition) is 4. The molecule has 3 nitrogen and oxygen atoms in total. The quantitative estimate of drug-likeness (QED) is 0.757. The van der Waals surface area contributed by atoms with Crippen LogP contribution in [0.5, 0.6) is 0 Å². The molecule has 0 aliphatic heterocycles. The van der Waals surface area contributed by atoms with Crippen molar-refractivity contribution in [2.75, 3.05) is 6.61 Å². The zero-order valence-electron chi connectivity index (χ0n) is 6.97. The summed E-state index contributed by atoms with van der Waals surface area (Å²) in [6, 6.07) is 7.53. The van der Waals surface area contributed by atoms with Gasteiger partial charge in [-0.05, 0) is 17.6 Å². The Labute approximate surface area is 80.0 Å². The zero-order chi connectivity index (χ0) is 9.26. The molecule has 1 unspecified atom stereocenters. The maximum atomic E-state index is 8.91. The Morgan fingerprint density at radius 3 is 3.00 bits per heavy atom. The number of aliphatic hydroxyl groups is 1. The van der Waals surface area contributed by atoms with E-state index in [4.69, 9.17) is 10.8 Å². The van der Waals surface area contributed by atoms with E-state index in [0.29, 0.717) is 0 Å². The average Bonchev–Trinajstić information content (AvgIpc) is 2.60. The highest BCUT2D eigenvalue weighted by molar-refractivity contribution is 7.13. The van der Waals surface area contributed by atoms with Crippen LogP contribution in [0.1, 0.15) is 11.7 Å². The van der Waals surface area contributed by atoms with Gasteiger partial charge in [0.05, 0.1) is 23.0 Å². The van der Waals surface area contributed by atoms with Gasteiger partial charge in [0, 0.05) is 5.39 Å². The third kappa shape index (κ3) is 1.44. The highest BCUT2D eigenvalue weighted by Crippen LogP contribution is 2.25. The smallest absolute Gasteiger partial charge is 0.0811 e. The number of hydrogen-bond donors (Lipinski definition) is 2. The largest absolute Gasteiger partial charge is 0.394 e. The first-order valence-corrected chi connectivity index (χ1v) is 4.81. The Morgan fingerprint density at radius 2 is 2.23 bits per heavy atom. The summed E-state index contributed by atoms with van der Waals surface area (Å²) < 4.78 is 5.34. The van der Waals surface area contributed by atoms with Crippen LogP contribution in [0.25, 0.3) is 10.1 Å². The molecule has 0 spiro atoms. The number of nitrogens with zero attached hydrogens (tertiary/aromatic N) is 1. The normalized spacial score (nSPS) is 13.4. The maximum Gasteiger partial charge on any atom is 0.0811 e. The number of nitrogens with two attached hydrogens (primary N) is 1. The Kier molecular flexibility index (Phi) is 2.26. The molecule has 3 N–H and O–H groups in total. The molecule has 1 aromatic heterocycles. The number of aliphatic hydroxyl groups excluding tert-OH is 1. The Bertz CT molecular complexity index is 413. The van der Waals surface area contributed by atoms with Gasteiger partial charge >= 0.3 is 0 Å². The zero-order valence-corrected chi connectivity index (χ0v) is 7.79. The Balaban J connectivity index is 2.57. The van der Waals surface area contributed by atoms with Crippen molar-refractivity contribution in [2.24, 2.45) is 5.73 Å². The predicted molar refractivity (Wildman–Crippen MR) is 53.6 cm³/mol. The van der Waals surface area contributed by atoms with E-state index >= 15 is 0 Å². The lowest BCUT2D eigenvalue weighted by Gasteiger charge is -2.03. The highest BCUT2D eigenvalue weighted by Gasteiger charge is 2.11. The van der Waals surface area contributed by atoms with Crippen LogP contribution in [0.4, 0.5) is 0 Å². The third-order valence-corrected chi connectivity index (χ3v) is 2.79. The number of rotatable bonds is 2. The summed E-state index contributed by atoms with van der Waals surface area (Å²) in [5.41, 5.74) is 6.49. The summed E-state index contributed by atoms with van der Waals surface area (Å²) in [4.78, 5) is 0. The van der Waals surface area contributed by atoms with Gasteiger partial charge in [-0.25, -0.2) is 0 Å². The van der Waals surface area contributed by atoms with Gasteiger partial charge in [-0.2, -0.15) is 4.37 Å². The third-order valence-electron chi connectivity index (χ3n) is 1.95. The minimum Gasteiger partial charge on any atom is -0.394 e. The molecule has 4 heteroatoms. The molecule has 1 aromatic carbocycles. The van der Waals surface area contributed by atoms with Crippen LogP contribution < -0.4 is 5.73 Å². The molecule has 0 aliphatic carbocycles. The summed E-state index contributed by atoms with van der Waals surface area (Å²) >= 11 is 1.42. The molecule has 0 saturated carbocycles. The minimum atomic E-state index is -0.365. The fraction of sp³-hybridized carbons (Fsp3) is 0.222. The van der Waals surface area contributed by atoms with E-state index in [1.54, 1.807) is 0 Å². The predicted octanol–water partition coefficient (Wildman–Crippen LogP) is 1.29. The summed E-state index contributed by atoms with van der Waals surface area (Å²) in [7, 11) is 0. The second-order valence-electron chi connectivity index (χ2n) is 2.85. The van der Waals surface area contributed by atoms with Gasteiger partial charge in [-0.15, -0.1) is 0 Å². The summed E-state index contributed by atoms with van der Waals surface area (Å²) in [5.74, 6) is 0. The molecule has 0 amide bonds. The van der Waals surface area contributed by atoms with Crippen LogP contribution in [0.15, 0.2) is 24.3 Å². The fourth-order valence-corrected chi connectivity index (χ4v) is 2.10. The van der Waals surface area contributed by atoms with Crippen molar-refractivity contribution >= 4 is 21.6 Å². The lowest BCUT2D eigenvalue weighted by atomic mass is 10.1. The van der Waals surface area contributed by atoms with Gasteiger partial charge in [-0.1, -0.05) is 18.2 Å². The lowest BCUT2D eigenvalue weighted by Crippen LogP contribution is -2.14. The average molecular weight is 194 g/mol. The van der Waals surface area contributed by atoms with Crippen molar-refractivity contribution < 1.29 is 5.11 Å². The number of aromatic nitrogens is 1. The molecule has 2 aromatic rings. The molecule has 1 heterocycles.